The van der Waals surface area contributed by atoms with Crippen LogP contribution in [-0.4, -0.2) is 18.0 Å². The minimum absolute atomic E-state index is 0.0249. The summed E-state index contributed by atoms with van der Waals surface area (Å²) in [4.78, 5) is 17.2. The molecule has 4 aromatic rings. The van der Waals surface area contributed by atoms with Crippen molar-refractivity contribution in [1.82, 2.24) is 4.98 Å². The number of rotatable bonds is 2. The van der Waals surface area contributed by atoms with Gasteiger partial charge in [0.2, 0.25) is 0 Å². The average Bonchev–Trinajstić information content (AvgIpc) is 2.66. The van der Waals surface area contributed by atoms with Crippen molar-refractivity contribution in [3.8, 4) is 11.1 Å². The zero-order valence-electron chi connectivity index (χ0n) is 16.6. The number of hydrogen-bond donors (Lipinski definition) is 0. The Bertz CT molecular complexity index is 1200. The van der Waals surface area contributed by atoms with Crippen LogP contribution in [0.4, 0.5) is 0 Å². The second-order valence-corrected chi connectivity index (χ2v) is 5.43. The number of ether oxygens (including phenoxy) is 1. The third-order valence-corrected chi connectivity index (χ3v) is 3.94. The molecule has 0 amide bonds. The first-order valence-electron chi connectivity index (χ1n) is 9.45. The molecule has 0 aliphatic rings. The molecule has 0 atom stereocenters. The third kappa shape index (κ3) is 2.40. The van der Waals surface area contributed by atoms with E-state index >= 15 is 0 Å². The van der Waals surface area contributed by atoms with Gasteiger partial charge >= 0.3 is 5.97 Å². The molecule has 0 saturated heterocycles. The van der Waals surface area contributed by atoms with Gasteiger partial charge in [0.15, 0.2) is 0 Å². The molecule has 3 nitrogen and oxygen atoms in total. The van der Waals surface area contributed by atoms with Crippen LogP contribution in [0, 0.1) is 0 Å². The largest absolute Gasteiger partial charge is 0.465 e. The van der Waals surface area contributed by atoms with Crippen LogP contribution < -0.4 is 0 Å². The first-order chi connectivity index (χ1) is 13.3. The standard InChI is InChI=1S/C21H15NO2/c1-24-21(23)18-12-16-11-15-9-5-6-10-19(15)22-20(16)13-17(18)14-7-3-2-4-8-14/h2-13H,1H3/i1D3,13D. The van der Waals surface area contributed by atoms with E-state index in [0.29, 0.717) is 22.0 Å². The Hall–Kier alpha value is -3.20. The predicted molar refractivity (Wildman–Crippen MR) is 96.0 cm³/mol. The monoisotopic (exact) mass is 317 g/mol. The highest BCUT2D eigenvalue weighted by Gasteiger charge is 2.15. The van der Waals surface area contributed by atoms with Crippen LogP contribution in [-0.2, 0) is 4.74 Å². The number of para-hydroxylation sites is 1. The zero-order valence-corrected chi connectivity index (χ0v) is 12.6. The van der Waals surface area contributed by atoms with E-state index in [0.717, 1.165) is 10.9 Å². The number of pyridine rings is 1. The molecule has 0 radical (unpaired) electrons. The van der Waals surface area contributed by atoms with Crippen molar-refractivity contribution in [2.24, 2.45) is 0 Å². The number of benzene rings is 3. The molecule has 116 valence electrons. The fourth-order valence-corrected chi connectivity index (χ4v) is 2.80. The van der Waals surface area contributed by atoms with E-state index in [1.807, 2.05) is 36.4 Å². The van der Waals surface area contributed by atoms with Gasteiger partial charge in [0.25, 0.3) is 0 Å². The molecule has 3 aromatic carbocycles. The second kappa shape index (κ2) is 5.78. The highest BCUT2D eigenvalue weighted by molar-refractivity contribution is 6.04. The van der Waals surface area contributed by atoms with Gasteiger partial charge in [-0.1, -0.05) is 48.5 Å². The Kier molecular flexibility index (Phi) is 2.54. The van der Waals surface area contributed by atoms with Gasteiger partial charge in [0.05, 0.1) is 29.1 Å². The number of aromatic nitrogens is 1. The van der Waals surface area contributed by atoms with Crippen LogP contribution in [0.1, 0.15) is 15.8 Å². The number of hydrogen-bond acceptors (Lipinski definition) is 3. The zero-order chi connectivity index (χ0) is 19.9. The maximum atomic E-state index is 12.6. The summed E-state index contributed by atoms with van der Waals surface area (Å²) in [5.74, 6) is -0.998. The van der Waals surface area contributed by atoms with Crippen molar-refractivity contribution >= 4 is 27.8 Å². The Balaban J connectivity index is 2.04. The van der Waals surface area contributed by atoms with E-state index in [-0.39, 0.29) is 11.6 Å². The molecule has 0 fully saturated rings. The summed E-state index contributed by atoms with van der Waals surface area (Å²) in [5.41, 5.74) is 2.10. The highest BCUT2D eigenvalue weighted by Crippen LogP contribution is 2.30. The van der Waals surface area contributed by atoms with Gasteiger partial charge in [-0.25, -0.2) is 9.78 Å². The Morgan fingerprint density at radius 3 is 2.62 bits per heavy atom. The van der Waals surface area contributed by atoms with Crippen LogP contribution in [0.15, 0.2) is 72.8 Å². The molecule has 0 aliphatic carbocycles. The summed E-state index contributed by atoms with van der Waals surface area (Å²) >= 11 is 0. The fraction of sp³-hybridized carbons (Fsp3) is 0.0476. The van der Waals surface area contributed by atoms with E-state index < -0.39 is 13.0 Å². The Morgan fingerprint density at radius 2 is 1.79 bits per heavy atom. The van der Waals surface area contributed by atoms with E-state index in [1.165, 1.54) is 0 Å². The molecule has 0 bridgehead atoms. The lowest BCUT2D eigenvalue weighted by Gasteiger charge is -2.11. The highest BCUT2D eigenvalue weighted by atomic mass is 16.5. The number of fused-ring (bicyclic) bond motifs is 2. The summed E-state index contributed by atoms with van der Waals surface area (Å²) in [5, 5.41) is 1.43. The minimum Gasteiger partial charge on any atom is -0.465 e. The summed E-state index contributed by atoms with van der Waals surface area (Å²) in [6.45, 7) is 0. The van der Waals surface area contributed by atoms with Crippen molar-refractivity contribution < 1.29 is 15.0 Å². The first-order valence-corrected chi connectivity index (χ1v) is 7.45. The normalized spacial score (nSPS) is 13.8. The quantitative estimate of drug-likeness (QED) is 0.392. The minimum atomic E-state index is -2.87. The van der Waals surface area contributed by atoms with Crippen LogP contribution in [0.3, 0.4) is 0 Å². The van der Waals surface area contributed by atoms with E-state index in [1.54, 1.807) is 30.3 Å². The lowest BCUT2D eigenvalue weighted by molar-refractivity contribution is 0.0602. The van der Waals surface area contributed by atoms with Gasteiger partial charge in [0, 0.05) is 10.8 Å². The topological polar surface area (TPSA) is 39.2 Å². The van der Waals surface area contributed by atoms with E-state index in [4.69, 9.17) is 5.48 Å². The van der Waals surface area contributed by atoms with Gasteiger partial charge in [-0.3, -0.25) is 0 Å². The van der Waals surface area contributed by atoms with Crippen LogP contribution in [0.25, 0.3) is 32.9 Å². The predicted octanol–water partition coefficient (Wildman–Crippen LogP) is 4.84. The molecule has 0 unspecified atom stereocenters. The number of carbonyl (C=O) groups excluding carboxylic acids is 1. The number of carbonyl (C=O) groups is 1. The van der Waals surface area contributed by atoms with E-state index in [9.17, 15) is 4.79 Å². The first kappa shape index (κ1) is 10.6. The van der Waals surface area contributed by atoms with Crippen molar-refractivity contribution in [3.63, 3.8) is 0 Å². The average molecular weight is 317 g/mol. The fourth-order valence-electron chi connectivity index (χ4n) is 2.80. The Labute approximate surface area is 145 Å². The van der Waals surface area contributed by atoms with Crippen LogP contribution in [0.5, 0.6) is 0 Å². The molecule has 0 aliphatic heterocycles. The summed E-state index contributed by atoms with van der Waals surface area (Å²) < 4.78 is 35.1. The Morgan fingerprint density at radius 1 is 1.00 bits per heavy atom. The number of methoxy groups -OCH3 is 1. The van der Waals surface area contributed by atoms with Gasteiger partial charge in [-0.15, -0.1) is 0 Å². The van der Waals surface area contributed by atoms with Crippen molar-refractivity contribution in [2.75, 3.05) is 7.04 Å². The van der Waals surface area contributed by atoms with Gasteiger partial charge < -0.3 is 4.74 Å². The lowest BCUT2D eigenvalue weighted by atomic mass is 9.97. The molecule has 4 rings (SSSR count). The maximum absolute atomic E-state index is 12.6. The van der Waals surface area contributed by atoms with Crippen LogP contribution in [0.2, 0.25) is 0 Å². The van der Waals surface area contributed by atoms with Crippen molar-refractivity contribution in [2.45, 2.75) is 0 Å². The number of nitrogens with zero attached hydrogens (tertiary/aromatic N) is 1. The summed E-state index contributed by atoms with van der Waals surface area (Å²) in [6, 6.07) is 19.8. The van der Waals surface area contributed by atoms with Gasteiger partial charge in [0.1, 0.15) is 0 Å². The SMILES string of the molecule is [2H]c1c(-c2ccccc2)c(C(=O)OC([2H])([2H])[2H])cc2cc3ccccc3nc12. The molecule has 1 heterocycles. The molecular formula is C21H15NO2. The maximum Gasteiger partial charge on any atom is 0.338 e. The third-order valence-electron chi connectivity index (χ3n) is 3.94. The molecule has 24 heavy (non-hydrogen) atoms. The lowest BCUT2D eigenvalue weighted by Crippen LogP contribution is -2.04. The van der Waals surface area contributed by atoms with Crippen molar-refractivity contribution in [1.29, 1.82) is 0 Å². The van der Waals surface area contributed by atoms with Crippen molar-refractivity contribution in [3.05, 3.63) is 78.3 Å². The van der Waals surface area contributed by atoms with E-state index in [2.05, 4.69) is 9.72 Å². The molecular weight excluding hydrogens is 298 g/mol. The number of esters is 1. The second-order valence-electron chi connectivity index (χ2n) is 5.43. The van der Waals surface area contributed by atoms with Gasteiger partial charge in [-0.05, 0) is 35.4 Å². The van der Waals surface area contributed by atoms with Gasteiger partial charge in [-0.2, -0.15) is 0 Å². The molecule has 3 heteroatoms. The van der Waals surface area contributed by atoms with Crippen LogP contribution >= 0.6 is 0 Å². The summed E-state index contributed by atoms with van der Waals surface area (Å²) in [7, 11) is -2.87. The molecule has 0 N–H and O–H groups in total. The molecule has 1 aromatic heterocycles. The molecule has 0 spiro atoms. The summed E-state index contributed by atoms with van der Waals surface area (Å²) in [6.07, 6.45) is 0. The smallest absolute Gasteiger partial charge is 0.338 e. The molecule has 0 saturated carbocycles.